The average molecular weight is 537 g/mol. The molecule has 0 bridgehead atoms. The van der Waals surface area contributed by atoms with E-state index in [0.29, 0.717) is 28.6 Å². The number of hydrogen-bond donors (Lipinski definition) is 2. The Kier molecular flexibility index (Phi) is 12.2. The van der Waals surface area contributed by atoms with Gasteiger partial charge in [-0.25, -0.2) is 4.79 Å². The summed E-state index contributed by atoms with van der Waals surface area (Å²) in [4.78, 5) is 37.2. The van der Waals surface area contributed by atoms with Gasteiger partial charge in [-0.2, -0.15) is 0 Å². The number of primary amides is 1. The fraction of sp³-hybridized carbons (Fsp3) is 0.538. The highest BCUT2D eigenvalue weighted by molar-refractivity contribution is 8.26. The molecule has 1 fully saturated rings. The van der Waals surface area contributed by atoms with E-state index in [1.807, 2.05) is 26.0 Å². The SMILES string of the molecule is CCCCCCC[C@@H](C)Oc1ccc(/C=C2/SC(=S)N([C@@H](CCC(N)=O)C(=O)O)C2=O)cc1OCC. The molecular formula is C26H36N2O6S2. The quantitative estimate of drug-likeness (QED) is 0.169. The van der Waals surface area contributed by atoms with Gasteiger partial charge in [-0.05, 0) is 56.9 Å². The number of carbonyl (C=O) groups is 3. The summed E-state index contributed by atoms with van der Waals surface area (Å²) in [5.41, 5.74) is 5.85. The zero-order chi connectivity index (χ0) is 26.7. The molecule has 0 saturated carbocycles. The van der Waals surface area contributed by atoms with Gasteiger partial charge in [0.2, 0.25) is 5.91 Å². The summed E-state index contributed by atoms with van der Waals surface area (Å²) in [7, 11) is 0. The molecular weight excluding hydrogens is 500 g/mol. The van der Waals surface area contributed by atoms with Crippen LogP contribution in [0.25, 0.3) is 6.08 Å². The molecule has 198 valence electrons. The minimum atomic E-state index is -1.26. The fourth-order valence-corrected chi connectivity index (χ4v) is 5.19. The predicted molar refractivity (Wildman–Crippen MR) is 146 cm³/mol. The van der Waals surface area contributed by atoms with Gasteiger partial charge in [0.05, 0.1) is 17.6 Å². The maximum atomic E-state index is 13.0. The summed E-state index contributed by atoms with van der Waals surface area (Å²) in [6.07, 6.45) is 8.41. The van der Waals surface area contributed by atoms with E-state index in [-0.39, 0.29) is 23.3 Å². The molecule has 36 heavy (non-hydrogen) atoms. The van der Waals surface area contributed by atoms with Crippen molar-refractivity contribution in [1.82, 2.24) is 4.90 Å². The Morgan fingerprint density at radius 3 is 2.53 bits per heavy atom. The second kappa shape index (κ2) is 14.8. The lowest BCUT2D eigenvalue weighted by molar-refractivity contribution is -0.145. The lowest BCUT2D eigenvalue weighted by Crippen LogP contribution is -2.44. The number of amides is 2. The van der Waals surface area contributed by atoms with Crippen molar-refractivity contribution in [3.63, 3.8) is 0 Å². The molecule has 0 spiro atoms. The number of thiocarbonyl (C=S) groups is 1. The Labute approximate surface area is 222 Å². The topological polar surface area (TPSA) is 119 Å². The Morgan fingerprint density at radius 2 is 1.89 bits per heavy atom. The minimum absolute atomic E-state index is 0.0429. The smallest absolute Gasteiger partial charge is 0.326 e. The van der Waals surface area contributed by atoms with Crippen LogP contribution in [0, 0.1) is 0 Å². The molecule has 1 aromatic rings. The van der Waals surface area contributed by atoms with Crippen LogP contribution in [0.15, 0.2) is 23.1 Å². The highest BCUT2D eigenvalue weighted by Gasteiger charge is 2.40. The van der Waals surface area contributed by atoms with Crippen molar-refractivity contribution in [3.8, 4) is 11.5 Å². The first kappa shape index (κ1) is 29.6. The molecule has 2 amide bonds. The first-order valence-electron chi connectivity index (χ1n) is 12.4. The molecule has 0 aliphatic carbocycles. The number of nitrogens with zero attached hydrogens (tertiary/aromatic N) is 1. The monoisotopic (exact) mass is 536 g/mol. The second-order valence-electron chi connectivity index (χ2n) is 8.68. The number of carboxylic acid groups (broad SMARTS) is 1. The highest BCUT2D eigenvalue weighted by Crippen LogP contribution is 2.37. The Hall–Kier alpha value is -2.59. The predicted octanol–water partition coefficient (Wildman–Crippen LogP) is 5.13. The van der Waals surface area contributed by atoms with E-state index in [9.17, 15) is 19.5 Å². The van der Waals surface area contributed by atoms with Crippen molar-refractivity contribution < 1.29 is 29.0 Å². The van der Waals surface area contributed by atoms with E-state index in [2.05, 4.69) is 6.92 Å². The summed E-state index contributed by atoms with van der Waals surface area (Å²) in [6.45, 7) is 6.59. The van der Waals surface area contributed by atoms with Gasteiger partial charge in [0.15, 0.2) is 11.5 Å². The van der Waals surface area contributed by atoms with Crippen LogP contribution >= 0.6 is 24.0 Å². The minimum Gasteiger partial charge on any atom is -0.490 e. The average Bonchev–Trinajstić information content (AvgIpc) is 3.08. The molecule has 10 heteroatoms. The number of rotatable bonds is 16. The van der Waals surface area contributed by atoms with Gasteiger partial charge in [0.25, 0.3) is 5.91 Å². The first-order valence-corrected chi connectivity index (χ1v) is 13.6. The second-order valence-corrected chi connectivity index (χ2v) is 10.4. The maximum Gasteiger partial charge on any atom is 0.326 e. The van der Waals surface area contributed by atoms with Crippen LogP contribution in [0.5, 0.6) is 11.5 Å². The van der Waals surface area contributed by atoms with Gasteiger partial charge < -0.3 is 20.3 Å². The molecule has 1 saturated heterocycles. The molecule has 0 aromatic heterocycles. The van der Waals surface area contributed by atoms with Crippen LogP contribution in [0.2, 0.25) is 0 Å². The van der Waals surface area contributed by atoms with Gasteiger partial charge in [-0.3, -0.25) is 14.5 Å². The molecule has 1 aliphatic rings. The third-order valence-corrected chi connectivity index (χ3v) is 7.02. The van der Waals surface area contributed by atoms with E-state index in [4.69, 9.17) is 27.4 Å². The van der Waals surface area contributed by atoms with Gasteiger partial charge in [-0.1, -0.05) is 62.7 Å². The van der Waals surface area contributed by atoms with Crippen molar-refractivity contribution >= 4 is 52.2 Å². The van der Waals surface area contributed by atoms with E-state index in [0.717, 1.165) is 29.5 Å². The number of benzene rings is 1. The third-order valence-electron chi connectivity index (χ3n) is 5.69. The van der Waals surface area contributed by atoms with Crippen molar-refractivity contribution in [1.29, 1.82) is 0 Å². The van der Waals surface area contributed by atoms with E-state index < -0.39 is 23.8 Å². The summed E-state index contributed by atoms with van der Waals surface area (Å²) in [5, 5.41) is 9.58. The van der Waals surface area contributed by atoms with Crippen LogP contribution in [0.4, 0.5) is 0 Å². The molecule has 2 rings (SSSR count). The van der Waals surface area contributed by atoms with Gasteiger partial charge >= 0.3 is 5.97 Å². The van der Waals surface area contributed by atoms with Crippen molar-refractivity contribution in [3.05, 3.63) is 28.7 Å². The number of nitrogens with two attached hydrogens (primary N) is 1. The van der Waals surface area contributed by atoms with Crippen LogP contribution < -0.4 is 15.2 Å². The van der Waals surface area contributed by atoms with Gasteiger partial charge in [0, 0.05) is 6.42 Å². The van der Waals surface area contributed by atoms with Gasteiger partial charge in [0.1, 0.15) is 10.4 Å². The molecule has 8 nitrogen and oxygen atoms in total. The molecule has 1 aromatic carbocycles. The van der Waals surface area contributed by atoms with Crippen LogP contribution in [-0.2, 0) is 14.4 Å². The molecule has 3 N–H and O–H groups in total. The Balaban J connectivity index is 2.15. The van der Waals surface area contributed by atoms with E-state index >= 15 is 0 Å². The standard InChI is InChI=1S/C26H36N2O6S2/c1-4-6-7-8-9-10-17(3)34-20-13-11-18(15-21(20)33-5-2)16-22-24(30)28(26(35)36-22)19(25(31)32)12-14-23(27)29/h11,13,15-17,19H,4-10,12,14H2,1-3H3,(H2,27,29)(H,31,32)/b22-16+/t17-,19+/m1/s1. The third kappa shape index (κ3) is 8.81. The fourth-order valence-electron chi connectivity index (χ4n) is 3.83. The van der Waals surface area contributed by atoms with Crippen LogP contribution in [0.1, 0.15) is 77.7 Å². The largest absolute Gasteiger partial charge is 0.490 e. The number of hydrogen-bond acceptors (Lipinski definition) is 7. The normalized spacial score (nSPS) is 16.3. The molecule has 2 atom stereocenters. The molecule has 0 radical (unpaired) electrons. The number of thioether (sulfide) groups is 1. The first-order chi connectivity index (χ1) is 17.2. The number of unbranched alkanes of at least 4 members (excludes halogenated alkanes) is 4. The summed E-state index contributed by atoms with van der Waals surface area (Å²) >= 11 is 6.31. The molecule has 1 heterocycles. The summed E-state index contributed by atoms with van der Waals surface area (Å²) in [5.74, 6) is -1.19. The van der Waals surface area contributed by atoms with Crippen molar-refractivity contribution in [2.24, 2.45) is 5.73 Å². The van der Waals surface area contributed by atoms with E-state index in [1.165, 1.54) is 25.7 Å². The lowest BCUT2D eigenvalue weighted by atomic mass is 10.1. The van der Waals surface area contributed by atoms with Crippen molar-refractivity contribution in [2.75, 3.05) is 6.61 Å². The van der Waals surface area contributed by atoms with Crippen LogP contribution in [0.3, 0.4) is 0 Å². The zero-order valence-corrected chi connectivity index (χ0v) is 22.8. The van der Waals surface area contributed by atoms with E-state index in [1.54, 1.807) is 12.1 Å². The summed E-state index contributed by atoms with van der Waals surface area (Å²) < 4.78 is 12.1. The Morgan fingerprint density at radius 1 is 1.17 bits per heavy atom. The van der Waals surface area contributed by atoms with Crippen molar-refractivity contribution in [2.45, 2.75) is 84.3 Å². The number of ether oxygens (including phenoxy) is 2. The zero-order valence-electron chi connectivity index (χ0n) is 21.2. The number of carboxylic acids is 1. The van der Waals surface area contributed by atoms with Crippen LogP contribution in [-0.4, -0.2) is 50.9 Å². The lowest BCUT2D eigenvalue weighted by Gasteiger charge is -2.22. The number of carbonyl (C=O) groups excluding carboxylic acids is 2. The Bertz CT molecular complexity index is 981. The number of aliphatic carboxylic acids is 1. The summed E-state index contributed by atoms with van der Waals surface area (Å²) in [6, 6.07) is 4.17. The molecule has 1 aliphatic heterocycles. The van der Waals surface area contributed by atoms with Gasteiger partial charge in [-0.15, -0.1) is 0 Å². The molecule has 0 unspecified atom stereocenters. The maximum absolute atomic E-state index is 13.0. The highest BCUT2D eigenvalue weighted by atomic mass is 32.2.